The molecule has 6 rings (SSSR count). The van der Waals surface area contributed by atoms with E-state index in [-0.39, 0.29) is 38.7 Å². The van der Waals surface area contributed by atoms with Crippen LogP contribution in [-0.2, 0) is 31.2 Å². The van der Waals surface area contributed by atoms with Gasteiger partial charge in [0.15, 0.2) is 0 Å². The van der Waals surface area contributed by atoms with E-state index in [2.05, 4.69) is 20.5 Å². The van der Waals surface area contributed by atoms with Crippen LogP contribution in [0.5, 0.6) is 0 Å². The average Bonchev–Trinajstić information content (AvgIpc) is 3.12. The number of carbonyl (C=O) groups is 1. The van der Waals surface area contributed by atoms with Crippen LogP contribution in [0.3, 0.4) is 0 Å². The van der Waals surface area contributed by atoms with E-state index in [1.165, 1.54) is 61.5 Å². The van der Waals surface area contributed by atoms with Gasteiger partial charge in [-0.25, -0.2) is 0 Å². The summed E-state index contributed by atoms with van der Waals surface area (Å²) >= 11 is 0. The fraction of sp³-hybridized carbons (Fsp3) is 0.108. The van der Waals surface area contributed by atoms with E-state index in [1.54, 1.807) is 30.4 Å². The van der Waals surface area contributed by atoms with Gasteiger partial charge in [0.1, 0.15) is 15.5 Å². The highest BCUT2D eigenvalue weighted by molar-refractivity contribution is 7.86. The molecule has 0 saturated carbocycles. The van der Waals surface area contributed by atoms with Crippen molar-refractivity contribution in [1.29, 1.82) is 0 Å². The molecule has 0 radical (unpaired) electrons. The van der Waals surface area contributed by atoms with Gasteiger partial charge in [0, 0.05) is 16.2 Å². The number of nitrogens with one attached hydrogen (secondary N) is 1. The molecule has 0 saturated heterocycles. The molecule has 0 aliphatic heterocycles. The van der Waals surface area contributed by atoms with E-state index in [0.29, 0.717) is 16.5 Å². The molecule has 0 aliphatic carbocycles. The highest BCUT2D eigenvalue weighted by Gasteiger charge is 2.39. The summed E-state index contributed by atoms with van der Waals surface area (Å²) in [4.78, 5) is 10.7. The molecule has 0 heterocycles. The van der Waals surface area contributed by atoms with E-state index in [9.17, 15) is 57.1 Å². The van der Waals surface area contributed by atoms with Gasteiger partial charge in [0.25, 0.3) is 20.2 Å². The number of carbonyl (C=O) groups excluding carboxylic acids is 1. The topological polar surface area (TPSA) is 187 Å². The number of alkyl halides is 6. The first-order valence-corrected chi connectivity index (χ1v) is 19.0. The lowest BCUT2D eigenvalue weighted by Crippen LogP contribution is -2.30. The first kappa shape index (κ1) is 40.6. The Balaban J connectivity index is 1.37. The van der Waals surface area contributed by atoms with E-state index < -0.39 is 70.9 Å². The van der Waals surface area contributed by atoms with Gasteiger partial charge >= 0.3 is 18.3 Å². The summed E-state index contributed by atoms with van der Waals surface area (Å²) < 4.78 is 151. The summed E-state index contributed by atoms with van der Waals surface area (Å²) in [6.45, 7) is 3.06. The molecule has 294 valence electrons. The Labute approximate surface area is 319 Å². The van der Waals surface area contributed by atoms with E-state index in [1.807, 2.05) is 0 Å². The molecule has 6 aromatic carbocycles. The largest absolute Gasteiger partial charge is 0.471 e. The number of benzene rings is 6. The Morgan fingerprint density at radius 2 is 1.04 bits per heavy atom. The van der Waals surface area contributed by atoms with Gasteiger partial charge in [0.05, 0.1) is 28.3 Å². The molecule has 6 aromatic rings. The number of fused-ring (bicyclic) bond motifs is 2. The number of anilines is 1. The summed E-state index contributed by atoms with van der Waals surface area (Å²) in [5, 5.41) is 17.4. The van der Waals surface area contributed by atoms with Gasteiger partial charge in [-0.05, 0) is 77.9 Å². The van der Waals surface area contributed by atoms with E-state index in [4.69, 9.17) is 0 Å². The second-order valence-corrected chi connectivity index (χ2v) is 15.2. The lowest BCUT2D eigenvalue weighted by atomic mass is 9.99. The summed E-state index contributed by atoms with van der Waals surface area (Å²) in [6, 6.07) is 20.3. The maximum atomic E-state index is 14.4. The van der Waals surface area contributed by atoms with Crippen LogP contribution in [0.4, 0.5) is 54.8 Å². The zero-order valence-electron chi connectivity index (χ0n) is 29.0. The lowest BCUT2D eigenvalue weighted by molar-refractivity contribution is -0.167. The molecule has 0 unspecified atom stereocenters. The zero-order chi connectivity index (χ0) is 41.7. The molecule has 0 bridgehead atoms. The normalized spacial score (nSPS) is 12.9. The summed E-state index contributed by atoms with van der Waals surface area (Å²) in [5.41, 5.74) is -2.00. The van der Waals surface area contributed by atoms with Crippen LogP contribution < -0.4 is 5.32 Å². The predicted octanol–water partition coefficient (Wildman–Crippen LogP) is 11.1. The standard InChI is InChI=1S/C37H25F6N5O7S2/c1-19-15-21(11-13-28(19)45-48-31-18-33(57(53,54)55)25-9-5-6-10-26(25)34(31)44-35(49)37(41,42)43)22-12-14-29(27(16-22)36(38,39)40)46-47-30-17-32(56(50,51)52)24-8-4-3-7-23(24)20(30)2/h3-18H,1-2H3,(H,44,49)(H,50,51,52)(H,53,54,55). The van der Waals surface area contributed by atoms with Crippen molar-refractivity contribution in [3.05, 3.63) is 114 Å². The number of aryl methyl sites for hydroxylation is 2. The van der Waals surface area contributed by atoms with Crippen LogP contribution in [0, 0.1) is 13.8 Å². The second kappa shape index (κ2) is 14.8. The number of nitrogens with zero attached hydrogens (tertiary/aromatic N) is 4. The third-order valence-corrected chi connectivity index (χ3v) is 10.4. The van der Waals surface area contributed by atoms with Crippen molar-refractivity contribution in [2.45, 2.75) is 36.0 Å². The fourth-order valence-corrected chi connectivity index (χ4v) is 7.35. The molecule has 0 aromatic heterocycles. The Bertz CT molecular complexity index is 2920. The first-order valence-electron chi connectivity index (χ1n) is 16.1. The lowest BCUT2D eigenvalue weighted by Gasteiger charge is -2.15. The molecule has 57 heavy (non-hydrogen) atoms. The molecule has 0 spiro atoms. The van der Waals surface area contributed by atoms with Crippen LogP contribution in [0.25, 0.3) is 32.7 Å². The maximum absolute atomic E-state index is 14.4. The average molecular weight is 830 g/mol. The third-order valence-electron chi connectivity index (χ3n) is 8.65. The minimum atomic E-state index is -5.34. The van der Waals surface area contributed by atoms with Crippen molar-refractivity contribution in [3.8, 4) is 11.1 Å². The molecular formula is C37H25F6N5O7S2. The van der Waals surface area contributed by atoms with Crippen LogP contribution >= 0.6 is 0 Å². The Morgan fingerprint density at radius 3 is 1.58 bits per heavy atom. The Morgan fingerprint density at radius 1 is 0.579 bits per heavy atom. The van der Waals surface area contributed by atoms with Gasteiger partial charge in [-0.1, -0.05) is 60.7 Å². The minimum absolute atomic E-state index is 0.0462. The maximum Gasteiger partial charge on any atom is 0.471 e. The monoisotopic (exact) mass is 829 g/mol. The molecule has 0 aliphatic rings. The van der Waals surface area contributed by atoms with Gasteiger partial charge in [-0.2, -0.15) is 53.4 Å². The van der Waals surface area contributed by atoms with Crippen molar-refractivity contribution >= 4 is 76.1 Å². The predicted molar refractivity (Wildman–Crippen MR) is 197 cm³/mol. The summed E-state index contributed by atoms with van der Waals surface area (Å²) in [7, 11) is -9.71. The number of hydrogen-bond donors (Lipinski definition) is 3. The van der Waals surface area contributed by atoms with Crippen LogP contribution in [0.15, 0.2) is 127 Å². The van der Waals surface area contributed by atoms with Crippen molar-refractivity contribution in [3.63, 3.8) is 0 Å². The smallest absolute Gasteiger partial charge is 0.316 e. The van der Waals surface area contributed by atoms with Crippen molar-refractivity contribution in [2.75, 3.05) is 5.32 Å². The summed E-state index contributed by atoms with van der Waals surface area (Å²) in [5.74, 6) is -2.40. The second-order valence-electron chi connectivity index (χ2n) is 12.4. The Hall–Kier alpha value is -6.09. The van der Waals surface area contributed by atoms with Crippen molar-refractivity contribution in [2.24, 2.45) is 20.5 Å². The molecule has 0 fully saturated rings. The van der Waals surface area contributed by atoms with Crippen LogP contribution in [0.1, 0.15) is 16.7 Å². The van der Waals surface area contributed by atoms with Gasteiger partial charge in [-0.3, -0.25) is 13.9 Å². The third kappa shape index (κ3) is 8.53. The van der Waals surface area contributed by atoms with Crippen molar-refractivity contribution < 1.29 is 57.1 Å². The van der Waals surface area contributed by atoms with Crippen LogP contribution in [0.2, 0.25) is 0 Å². The highest BCUT2D eigenvalue weighted by atomic mass is 32.2. The van der Waals surface area contributed by atoms with E-state index >= 15 is 0 Å². The summed E-state index contributed by atoms with van der Waals surface area (Å²) in [6.07, 6.45) is -10.3. The SMILES string of the molecule is Cc1cc(-c2ccc(N=Nc3cc(S(=O)(=O)O)c4ccccc4c3C)c(C(F)(F)F)c2)ccc1N=Nc1cc(S(=O)(=O)O)c2ccccc2c1NC(=O)C(F)(F)F. The first-order chi connectivity index (χ1) is 26.5. The molecule has 0 atom stereocenters. The van der Waals surface area contributed by atoms with Gasteiger partial charge in [-0.15, -0.1) is 10.2 Å². The molecule has 12 nitrogen and oxygen atoms in total. The molecule has 1 amide bonds. The quantitative estimate of drug-likeness (QED) is 0.0773. The zero-order valence-corrected chi connectivity index (χ0v) is 30.7. The number of azo groups is 2. The van der Waals surface area contributed by atoms with Crippen LogP contribution in [-0.4, -0.2) is 38.0 Å². The number of amides is 1. The Kier molecular flexibility index (Phi) is 10.5. The molecule has 20 heteroatoms. The van der Waals surface area contributed by atoms with Crippen molar-refractivity contribution in [1.82, 2.24) is 0 Å². The van der Waals surface area contributed by atoms with Gasteiger partial charge in [0.2, 0.25) is 0 Å². The van der Waals surface area contributed by atoms with E-state index in [0.717, 1.165) is 24.3 Å². The minimum Gasteiger partial charge on any atom is -0.316 e. The fourth-order valence-electron chi connectivity index (χ4n) is 5.92. The number of halogens is 6. The highest BCUT2D eigenvalue weighted by Crippen LogP contribution is 2.43. The number of hydrogen-bond acceptors (Lipinski definition) is 9. The molecule has 3 N–H and O–H groups in total. The molecular weight excluding hydrogens is 805 g/mol. The van der Waals surface area contributed by atoms with Gasteiger partial charge < -0.3 is 5.32 Å². The number of rotatable bonds is 8.